The van der Waals surface area contributed by atoms with Crippen molar-refractivity contribution in [2.45, 2.75) is 64.1 Å². The van der Waals surface area contributed by atoms with Crippen molar-refractivity contribution < 1.29 is 14.7 Å². The van der Waals surface area contributed by atoms with Gasteiger partial charge in [-0.25, -0.2) is 4.68 Å². The van der Waals surface area contributed by atoms with Crippen molar-refractivity contribution in [2.24, 2.45) is 11.1 Å². The Balaban J connectivity index is 1.90. The topological polar surface area (TPSA) is 114 Å². The van der Waals surface area contributed by atoms with Gasteiger partial charge in [-0.2, -0.15) is 0 Å². The van der Waals surface area contributed by atoms with Crippen LogP contribution in [-0.4, -0.2) is 55.5 Å². The Labute approximate surface area is 141 Å². The average molecular weight is 335 g/mol. The van der Waals surface area contributed by atoms with Crippen molar-refractivity contribution >= 4 is 11.8 Å². The van der Waals surface area contributed by atoms with E-state index in [0.717, 1.165) is 18.5 Å². The van der Waals surface area contributed by atoms with Crippen molar-refractivity contribution in [1.29, 1.82) is 0 Å². The maximum absolute atomic E-state index is 13.2. The smallest absolute Gasteiger partial charge is 0.248 e. The van der Waals surface area contributed by atoms with Gasteiger partial charge in [0.1, 0.15) is 12.1 Å². The molecule has 2 aliphatic rings. The molecular weight excluding hydrogens is 310 g/mol. The number of likely N-dealkylation sites (tertiary alicyclic amines) is 1. The number of primary amides is 1. The van der Waals surface area contributed by atoms with Gasteiger partial charge in [0.05, 0.1) is 11.8 Å². The van der Waals surface area contributed by atoms with Crippen LogP contribution in [-0.2, 0) is 9.59 Å². The van der Waals surface area contributed by atoms with Gasteiger partial charge in [0.15, 0.2) is 0 Å². The molecule has 1 aromatic heterocycles. The lowest BCUT2D eigenvalue weighted by atomic mass is 9.85. The number of carbonyl (C=O) groups is 2. The predicted molar refractivity (Wildman–Crippen MR) is 85.8 cm³/mol. The molecule has 8 heteroatoms. The Morgan fingerprint density at radius 3 is 2.58 bits per heavy atom. The lowest BCUT2D eigenvalue weighted by Gasteiger charge is -2.34. The molecule has 1 saturated carbocycles. The van der Waals surface area contributed by atoms with Crippen molar-refractivity contribution in [1.82, 2.24) is 19.9 Å². The lowest BCUT2D eigenvalue weighted by molar-refractivity contribution is -0.143. The van der Waals surface area contributed by atoms with E-state index in [1.54, 1.807) is 4.68 Å². The summed E-state index contributed by atoms with van der Waals surface area (Å²) in [5.41, 5.74) is 5.89. The number of amides is 2. The molecule has 0 bridgehead atoms. The number of aliphatic hydroxyl groups is 1. The number of aliphatic hydroxyl groups excluding tert-OH is 1. The van der Waals surface area contributed by atoms with Gasteiger partial charge in [-0.15, -0.1) is 5.10 Å². The minimum absolute atomic E-state index is 0.114. The van der Waals surface area contributed by atoms with Crippen LogP contribution in [0.2, 0.25) is 0 Å². The summed E-state index contributed by atoms with van der Waals surface area (Å²) >= 11 is 0. The number of rotatable bonds is 4. The standard InChI is InChI=1S/C16H25N5O3/c1-16(2,3)13(21-8-11(18-19-21)9-4-5-9)15(24)20-7-10(22)6-12(20)14(17)23/h8-10,12-13,22H,4-7H2,1-3H3,(H2,17,23)/t10?,12-,13?/m1/s1. The van der Waals surface area contributed by atoms with Gasteiger partial charge in [-0.05, 0) is 18.3 Å². The van der Waals surface area contributed by atoms with Gasteiger partial charge >= 0.3 is 0 Å². The molecule has 1 aliphatic carbocycles. The number of β-amino-alcohol motifs (C(OH)–C–C–N with tert-alkyl or cyclic N) is 1. The van der Waals surface area contributed by atoms with Crippen LogP contribution in [0.5, 0.6) is 0 Å². The summed E-state index contributed by atoms with van der Waals surface area (Å²) < 4.78 is 1.60. The Kier molecular flexibility index (Phi) is 4.11. The molecule has 2 amide bonds. The number of hydrogen-bond donors (Lipinski definition) is 2. The van der Waals surface area contributed by atoms with Crippen molar-refractivity contribution in [3.63, 3.8) is 0 Å². The summed E-state index contributed by atoms with van der Waals surface area (Å²) in [6.45, 7) is 5.95. The Bertz CT molecular complexity index is 646. The van der Waals surface area contributed by atoms with Gasteiger partial charge in [-0.3, -0.25) is 9.59 Å². The second-order valence-corrected chi connectivity index (χ2v) is 7.96. The molecule has 8 nitrogen and oxygen atoms in total. The maximum Gasteiger partial charge on any atom is 0.248 e. The molecule has 2 unspecified atom stereocenters. The number of hydrogen-bond acceptors (Lipinski definition) is 5. The fourth-order valence-electron chi connectivity index (χ4n) is 3.35. The average Bonchev–Trinajstić information content (AvgIpc) is 3.07. The van der Waals surface area contributed by atoms with Crippen LogP contribution in [0.15, 0.2) is 6.20 Å². The Morgan fingerprint density at radius 1 is 1.38 bits per heavy atom. The molecule has 1 saturated heterocycles. The van der Waals surface area contributed by atoms with Crippen LogP contribution in [0.1, 0.15) is 57.7 Å². The first-order chi connectivity index (χ1) is 11.2. The summed E-state index contributed by atoms with van der Waals surface area (Å²) in [6, 6.07) is -1.38. The highest BCUT2D eigenvalue weighted by Crippen LogP contribution is 2.40. The third kappa shape index (κ3) is 3.15. The fraction of sp³-hybridized carbons (Fsp3) is 0.750. The number of nitrogens with zero attached hydrogens (tertiary/aromatic N) is 4. The summed E-state index contributed by atoms with van der Waals surface area (Å²) in [4.78, 5) is 26.2. The highest BCUT2D eigenvalue weighted by molar-refractivity contribution is 5.89. The molecule has 2 fully saturated rings. The summed E-state index contributed by atoms with van der Waals surface area (Å²) in [7, 11) is 0. The van der Waals surface area contributed by atoms with Crippen molar-refractivity contribution in [3.8, 4) is 0 Å². The van der Waals surface area contributed by atoms with Gasteiger partial charge in [-0.1, -0.05) is 26.0 Å². The molecule has 2 heterocycles. The minimum atomic E-state index is -0.774. The molecule has 3 rings (SSSR count). The van der Waals surface area contributed by atoms with Crippen LogP contribution in [0.4, 0.5) is 0 Å². The zero-order chi connectivity index (χ0) is 17.6. The Hall–Kier alpha value is -1.96. The third-order valence-electron chi connectivity index (χ3n) is 4.73. The van der Waals surface area contributed by atoms with E-state index in [-0.39, 0.29) is 18.9 Å². The largest absolute Gasteiger partial charge is 0.391 e. The van der Waals surface area contributed by atoms with Crippen molar-refractivity contribution in [2.75, 3.05) is 6.54 Å². The van der Waals surface area contributed by atoms with E-state index >= 15 is 0 Å². The highest BCUT2D eigenvalue weighted by atomic mass is 16.3. The second-order valence-electron chi connectivity index (χ2n) is 7.96. The molecule has 1 aliphatic heterocycles. The first-order valence-electron chi connectivity index (χ1n) is 8.38. The van der Waals surface area contributed by atoms with Crippen LogP contribution in [0.25, 0.3) is 0 Å². The second kappa shape index (κ2) is 5.84. The predicted octanol–water partition coefficient (Wildman–Crippen LogP) is 0.190. The number of aromatic nitrogens is 3. The van der Waals surface area contributed by atoms with Crippen LogP contribution in [0.3, 0.4) is 0 Å². The van der Waals surface area contributed by atoms with Crippen LogP contribution < -0.4 is 5.73 Å². The molecule has 132 valence electrons. The highest BCUT2D eigenvalue weighted by Gasteiger charge is 2.44. The van der Waals surface area contributed by atoms with Gasteiger partial charge in [0.2, 0.25) is 11.8 Å². The third-order valence-corrected chi connectivity index (χ3v) is 4.73. The molecule has 3 N–H and O–H groups in total. The monoisotopic (exact) mass is 335 g/mol. The number of nitrogens with two attached hydrogens (primary N) is 1. The number of carbonyl (C=O) groups excluding carboxylic acids is 2. The van der Waals surface area contributed by atoms with E-state index in [4.69, 9.17) is 5.73 Å². The molecule has 3 atom stereocenters. The van der Waals surface area contributed by atoms with Crippen LogP contribution >= 0.6 is 0 Å². The molecule has 0 aromatic carbocycles. The summed E-state index contributed by atoms with van der Waals surface area (Å²) in [5, 5.41) is 18.2. The fourth-order valence-corrected chi connectivity index (χ4v) is 3.35. The minimum Gasteiger partial charge on any atom is -0.391 e. The zero-order valence-corrected chi connectivity index (χ0v) is 14.3. The van der Waals surface area contributed by atoms with E-state index in [1.807, 2.05) is 27.0 Å². The maximum atomic E-state index is 13.2. The molecule has 1 aromatic rings. The molecule has 0 spiro atoms. The van der Waals surface area contributed by atoms with E-state index in [9.17, 15) is 14.7 Å². The lowest BCUT2D eigenvalue weighted by Crippen LogP contribution is -2.49. The summed E-state index contributed by atoms with van der Waals surface area (Å²) in [6.07, 6.45) is 3.49. The summed E-state index contributed by atoms with van der Waals surface area (Å²) in [5.74, 6) is -0.402. The van der Waals surface area contributed by atoms with E-state index in [0.29, 0.717) is 5.92 Å². The van der Waals surface area contributed by atoms with Crippen LogP contribution in [0, 0.1) is 5.41 Å². The first-order valence-corrected chi connectivity index (χ1v) is 8.38. The first kappa shape index (κ1) is 16.9. The van der Waals surface area contributed by atoms with Gasteiger partial charge in [0, 0.05) is 25.1 Å². The van der Waals surface area contributed by atoms with E-state index in [1.165, 1.54) is 4.90 Å². The normalized spacial score (nSPS) is 25.8. The van der Waals surface area contributed by atoms with Gasteiger partial charge in [0.25, 0.3) is 0 Å². The van der Waals surface area contributed by atoms with Crippen molar-refractivity contribution in [3.05, 3.63) is 11.9 Å². The molecule has 0 radical (unpaired) electrons. The quantitative estimate of drug-likeness (QED) is 0.815. The van der Waals surface area contributed by atoms with E-state index in [2.05, 4.69) is 10.3 Å². The zero-order valence-electron chi connectivity index (χ0n) is 14.3. The molecular formula is C16H25N5O3. The SMILES string of the molecule is CC(C)(C)C(C(=O)N1CC(O)C[C@@H]1C(N)=O)n1cc(C2CC2)nn1. The molecule has 24 heavy (non-hydrogen) atoms. The Morgan fingerprint density at radius 2 is 2.04 bits per heavy atom. The van der Waals surface area contributed by atoms with E-state index < -0.39 is 29.5 Å². The van der Waals surface area contributed by atoms with Gasteiger partial charge < -0.3 is 15.7 Å².